The third kappa shape index (κ3) is 3.88. The molecule has 2 atom stereocenters. The van der Waals surface area contributed by atoms with Crippen LogP contribution in [0.4, 0.5) is 10.5 Å². The number of carbonyl (C=O) groups is 2. The topological polar surface area (TPSA) is 61.4 Å². The largest absolute Gasteiger partial charge is 0.332 e. The highest BCUT2D eigenvalue weighted by Gasteiger charge is 2.33. The van der Waals surface area contributed by atoms with Gasteiger partial charge in [-0.3, -0.25) is 4.79 Å². The number of rotatable bonds is 4. The summed E-state index contributed by atoms with van der Waals surface area (Å²) in [5.41, 5.74) is 4.82. The fourth-order valence-corrected chi connectivity index (χ4v) is 4.18. The van der Waals surface area contributed by atoms with Gasteiger partial charge in [0, 0.05) is 12.2 Å². The Hall–Kier alpha value is -2.82. The molecule has 5 heteroatoms. The quantitative estimate of drug-likeness (QED) is 0.853. The van der Waals surface area contributed by atoms with E-state index in [1.54, 1.807) is 4.90 Å². The van der Waals surface area contributed by atoms with Crippen LogP contribution in [0.25, 0.3) is 0 Å². The molecule has 2 aromatic rings. The molecule has 4 rings (SSSR count). The minimum atomic E-state index is -0.476. The summed E-state index contributed by atoms with van der Waals surface area (Å²) in [7, 11) is 0. The van der Waals surface area contributed by atoms with Crippen LogP contribution < -0.4 is 15.5 Å². The predicted molar refractivity (Wildman–Crippen MR) is 110 cm³/mol. The van der Waals surface area contributed by atoms with Gasteiger partial charge in [-0.2, -0.15) is 0 Å². The second-order valence-corrected chi connectivity index (χ2v) is 7.74. The third-order valence-electron chi connectivity index (χ3n) is 5.80. The first-order chi connectivity index (χ1) is 13.6. The van der Waals surface area contributed by atoms with Crippen molar-refractivity contribution in [3.63, 3.8) is 0 Å². The highest BCUT2D eigenvalue weighted by molar-refractivity contribution is 6.01. The van der Waals surface area contributed by atoms with Crippen molar-refractivity contribution < 1.29 is 9.59 Å². The summed E-state index contributed by atoms with van der Waals surface area (Å²) in [6.07, 6.45) is 5.39. The summed E-state index contributed by atoms with van der Waals surface area (Å²) < 4.78 is 0. The molecule has 2 N–H and O–H groups in total. The third-order valence-corrected chi connectivity index (χ3v) is 5.80. The van der Waals surface area contributed by atoms with E-state index in [0.717, 1.165) is 24.1 Å². The number of carbonyl (C=O) groups excluding carboxylic acids is 2. The lowest BCUT2D eigenvalue weighted by Gasteiger charge is -2.21. The monoisotopic (exact) mass is 377 g/mol. The number of anilines is 1. The molecular formula is C23H27N3O2. The van der Waals surface area contributed by atoms with Gasteiger partial charge in [0.05, 0.1) is 6.04 Å². The number of nitrogens with zero attached hydrogens (tertiary/aromatic N) is 1. The van der Waals surface area contributed by atoms with E-state index >= 15 is 0 Å². The van der Waals surface area contributed by atoms with Crippen LogP contribution in [0.1, 0.15) is 48.9 Å². The van der Waals surface area contributed by atoms with Crippen molar-refractivity contribution in [1.29, 1.82) is 0 Å². The average molecular weight is 377 g/mol. The van der Waals surface area contributed by atoms with Gasteiger partial charge in [-0.25, -0.2) is 4.79 Å². The van der Waals surface area contributed by atoms with E-state index in [4.69, 9.17) is 0 Å². The molecule has 0 bridgehead atoms. The zero-order valence-electron chi connectivity index (χ0n) is 16.3. The van der Waals surface area contributed by atoms with E-state index in [9.17, 15) is 9.59 Å². The maximum absolute atomic E-state index is 12.6. The maximum Gasteiger partial charge on any atom is 0.315 e. The maximum atomic E-state index is 12.6. The lowest BCUT2D eigenvalue weighted by molar-refractivity contribution is -0.118. The van der Waals surface area contributed by atoms with Gasteiger partial charge in [-0.05, 0) is 67.9 Å². The van der Waals surface area contributed by atoms with E-state index in [2.05, 4.69) is 28.8 Å². The molecular weight excluding hydrogens is 350 g/mol. The van der Waals surface area contributed by atoms with Crippen LogP contribution in [0.3, 0.4) is 0 Å². The zero-order chi connectivity index (χ0) is 19.5. The summed E-state index contributed by atoms with van der Waals surface area (Å²) >= 11 is 0. The van der Waals surface area contributed by atoms with Crippen molar-refractivity contribution in [3.8, 4) is 0 Å². The summed E-state index contributed by atoms with van der Waals surface area (Å²) in [5, 5.41) is 5.83. The van der Waals surface area contributed by atoms with Crippen LogP contribution >= 0.6 is 0 Å². The predicted octanol–water partition coefficient (Wildman–Crippen LogP) is 3.73. The molecule has 1 aliphatic heterocycles. The van der Waals surface area contributed by atoms with Gasteiger partial charge in [0.15, 0.2) is 0 Å². The van der Waals surface area contributed by atoms with E-state index in [1.807, 2.05) is 37.3 Å². The summed E-state index contributed by atoms with van der Waals surface area (Å²) in [6.45, 7) is 2.60. The Labute approximate surface area is 166 Å². The van der Waals surface area contributed by atoms with Crippen LogP contribution in [0.15, 0.2) is 48.5 Å². The molecule has 0 spiro atoms. The van der Waals surface area contributed by atoms with E-state index in [0.29, 0.717) is 13.0 Å². The minimum Gasteiger partial charge on any atom is -0.332 e. The van der Waals surface area contributed by atoms with Crippen molar-refractivity contribution in [2.45, 2.75) is 51.1 Å². The molecule has 0 aromatic heterocycles. The van der Waals surface area contributed by atoms with Crippen molar-refractivity contribution in [1.82, 2.24) is 10.6 Å². The second kappa shape index (κ2) is 8.05. The van der Waals surface area contributed by atoms with Crippen LogP contribution in [0, 0.1) is 0 Å². The number of hydrogen-bond acceptors (Lipinski definition) is 2. The van der Waals surface area contributed by atoms with Gasteiger partial charge in [0.2, 0.25) is 5.91 Å². The molecule has 2 aromatic carbocycles. The first-order valence-corrected chi connectivity index (χ1v) is 10.2. The number of para-hydroxylation sites is 1. The molecule has 2 aliphatic rings. The minimum absolute atomic E-state index is 0.0530. The Morgan fingerprint density at radius 3 is 2.61 bits per heavy atom. The highest BCUT2D eigenvalue weighted by Crippen LogP contribution is 2.25. The molecule has 0 radical (unpaired) electrons. The van der Waals surface area contributed by atoms with Crippen molar-refractivity contribution in [2.75, 3.05) is 11.4 Å². The molecule has 2 unspecified atom stereocenters. The van der Waals surface area contributed by atoms with Gasteiger partial charge in [0.25, 0.3) is 0 Å². The van der Waals surface area contributed by atoms with Crippen LogP contribution in [0.2, 0.25) is 0 Å². The first-order valence-electron chi connectivity index (χ1n) is 10.2. The number of benzene rings is 2. The van der Waals surface area contributed by atoms with Gasteiger partial charge in [0.1, 0.15) is 6.04 Å². The lowest BCUT2D eigenvalue weighted by atomic mass is 9.89. The lowest BCUT2D eigenvalue weighted by Crippen LogP contribution is -2.46. The molecule has 1 saturated heterocycles. The smallest absolute Gasteiger partial charge is 0.315 e. The number of amides is 3. The zero-order valence-corrected chi connectivity index (χ0v) is 16.3. The van der Waals surface area contributed by atoms with Gasteiger partial charge < -0.3 is 15.5 Å². The number of nitrogens with one attached hydrogen (secondary N) is 2. The molecule has 0 saturated carbocycles. The number of hydrogen-bond donors (Lipinski definition) is 2. The summed E-state index contributed by atoms with van der Waals surface area (Å²) in [6, 6.07) is 15.2. The average Bonchev–Trinajstić information content (AvgIpc) is 3.08. The first kappa shape index (κ1) is 18.5. The standard InChI is InChI=1S/C23H27N3O2/c1-16(18-12-11-17-7-5-6-8-19(17)15-18)24-23(28)25-21-13-14-26(22(21)27)20-9-3-2-4-10-20/h2-4,9-12,15-16,21H,5-8,13-14H2,1H3,(H2,24,25,28). The van der Waals surface area contributed by atoms with Crippen molar-refractivity contribution in [2.24, 2.45) is 0 Å². The fourth-order valence-electron chi connectivity index (χ4n) is 4.18. The van der Waals surface area contributed by atoms with E-state index < -0.39 is 6.04 Å². The normalized spacial score (nSPS) is 19.8. The van der Waals surface area contributed by atoms with E-state index in [1.165, 1.54) is 24.0 Å². The fraction of sp³-hybridized carbons (Fsp3) is 0.391. The number of urea groups is 1. The number of aryl methyl sites for hydroxylation is 2. The van der Waals surface area contributed by atoms with Crippen LogP contribution in [-0.2, 0) is 17.6 Å². The molecule has 1 fully saturated rings. The Morgan fingerprint density at radius 1 is 1.07 bits per heavy atom. The molecule has 3 amide bonds. The molecule has 146 valence electrons. The molecule has 1 aliphatic carbocycles. The SMILES string of the molecule is CC(NC(=O)NC1CCN(c2ccccc2)C1=O)c1ccc2c(c1)CCCC2. The molecule has 28 heavy (non-hydrogen) atoms. The Balaban J connectivity index is 1.35. The highest BCUT2D eigenvalue weighted by atomic mass is 16.2. The Bertz CT molecular complexity index is 865. The second-order valence-electron chi connectivity index (χ2n) is 7.74. The van der Waals surface area contributed by atoms with Gasteiger partial charge >= 0.3 is 6.03 Å². The number of fused-ring (bicyclic) bond motifs is 1. The molecule has 5 nitrogen and oxygen atoms in total. The van der Waals surface area contributed by atoms with Crippen molar-refractivity contribution >= 4 is 17.6 Å². The Morgan fingerprint density at radius 2 is 1.82 bits per heavy atom. The molecule has 1 heterocycles. The Kier molecular flexibility index (Phi) is 5.33. The van der Waals surface area contributed by atoms with Gasteiger partial charge in [-0.1, -0.05) is 36.4 Å². The van der Waals surface area contributed by atoms with Crippen LogP contribution in [0.5, 0.6) is 0 Å². The van der Waals surface area contributed by atoms with Crippen molar-refractivity contribution in [3.05, 3.63) is 65.2 Å². The van der Waals surface area contributed by atoms with E-state index in [-0.39, 0.29) is 18.0 Å². The summed E-state index contributed by atoms with van der Waals surface area (Å²) in [4.78, 5) is 26.8. The summed E-state index contributed by atoms with van der Waals surface area (Å²) in [5.74, 6) is -0.0530. The van der Waals surface area contributed by atoms with Crippen LogP contribution in [-0.4, -0.2) is 24.5 Å². The van der Waals surface area contributed by atoms with Gasteiger partial charge in [-0.15, -0.1) is 0 Å².